The summed E-state index contributed by atoms with van der Waals surface area (Å²) in [6, 6.07) is 22.7. The van der Waals surface area contributed by atoms with Crippen LogP contribution in [0.15, 0.2) is 97.2 Å². The van der Waals surface area contributed by atoms with E-state index < -0.39 is 65.2 Å². The standard InChI is InChI=1S/C73H99FN16O15/c1-48(2)36-60(70(102)82-73(71(103)80-59(68(75)100)38-53-41-78-58-13-8-7-12-55(53)58)20-25-90(26-21-73)64(93)42-76-40-50-15-14-49(3)57(74)37-50)81-72(104)84-83-69(101)52-16-17-56(51-10-5-4-6-11-51)61(39-52)105-35-9-22-77-62(91)43-85-23-18-54(19-24-85)79-63(92)44-86-27-29-87(45-65(94)95)31-33-89(47-67(98)99)34-32-88(30-28-86)46-66(96)97/h4-8,10-17,37,39,41,48,54,59-60,76,78H,9,18-36,38,40,42-47H2,1-3H3,(H2,75,100)(H,77,91)(H,79,92)(H,80,103)(H,82,102)(H,83,101)(H,94,95)(H,96,97)(H,98,99)(H2,81,84,104)/t59-,60-/m0/s1. The number of hydrogen-bond acceptors (Lipinski definition) is 18. The number of aryl methyl sites for hydroxylation is 1. The molecular formula is C73H99FN16O15. The molecule has 0 unspecified atom stereocenters. The molecule has 105 heavy (non-hydrogen) atoms. The summed E-state index contributed by atoms with van der Waals surface area (Å²) in [5.41, 5.74) is 13.1. The van der Waals surface area contributed by atoms with Crippen molar-refractivity contribution < 1.29 is 77.2 Å². The molecular weight excluding hydrogens is 1360 g/mol. The number of halogens is 1. The third-order valence-corrected chi connectivity index (χ3v) is 18.9. The average Bonchev–Trinajstić information content (AvgIpc) is 1.04. The van der Waals surface area contributed by atoms with Gasteiger partial charge in [-0.25, -0.2) is 14.6 Å². The summed E-state index contributed by atoms with van der Waals surface area (Å²) in [5.74, 6) is -7.15. The Bertz CT molecular complexity index is 3800. The van der Waals surface area contributed by atoms with E-state index in [9.17, 15) is 72.4 Å². The zero-order chi connectivity index (χ0) is 75.6. The van der Waals surface area contributed by atoms with Gasteiger partial charge in [0.1, 0.15) is 29.2 Å². The predicted molar refractivity (Wildman–Crippen MR) is 386 cm³/mol. The number of urea groups is 1. The zero-order valence-corrected chi connectivity index (χ0v) is 59.7. The van der Waals surface area contributed by atoms with Gasteiger partial charge in [0.2, 0.25) is 35.4 Å². The second-order valence-corrected chi connectivity index (χ2v) is 27.4. The summed E-state index contributed by atoms with van der Waals surface area (Å²) in [5, 5.41) is 46.9. The number of aromatic amines is 1. The maximum absolute atomic E-state index is 14.8. The second-order valence-electron chi connectivity index (χ2n) is 27.4. The van der Waals surface area contributed by atoms with Crippen LogP contribution in [-0.4, -0.2) is 270 Å². The highest BCUT2D eigenvalue weighted by Gasteiger charge is 2.46. The van der Waals surface area contributed by atoms with Crippen molar-refractivity contribution in [1.82, 2.24) is 77.1 Å². The molecule has 568 valence electrons. The number of primary amides is 1. The number of carbonyl (C=O) groups excluding carboxylic acids is 8. The normalized spacial score (nSPS) is 16.7. The summed E-state index contributed by atoms with van der Waals surface area (Å²) in [6.07, 6.45) is 3.18. The fraction of sp³-hybridized carbons (Fsp3) is 0.493. The molecule has 2 atom stereocenters. The quantitative estimate of drug-likeness (QED) is 0.0211. The van der Waals surface area contributed by atoms with E-state index in [1.165, 1.54) is 17.0 Å². The number of para-hydroxylation sites is 1. The number of carbonyl (C=O) groups is 11. The van der Waals surface area contributed by atoms with Crippen LogP contribution in [0, 0.1) is 18.7 Å². The predicted octanol–water partition coefficient (Wildman–Crippen LogP) is 1.06. The van der Waals surface area contributed by atoms with Crippen molar-refractivity contribution >= 4 is 76.2 Å². The highest BCUT2D eigenvalue weighted by Crippen LogP contribution is 2.32. The molecule has 32 heteroatoms. The lowest BCUT2D eigenvalue weighted by molar-refractivity contribution is -0.141. The van der Waals surface area contributed by atoms with Crippen molar-refractivity contribution in [3.05, 3.63) is 125 Å². The number of carboxylic acid groups (broad SMARTS) is 3. The van der Waals surface area contributed by atoms with Gasteiger partial charge in [-0.05, 0) is 104 Å². The topological polar surface area (TPSA) is 415 Å². The number of hydrazine groups is 1. The summed E-state index contributed by atoms with van der Waals surface area (Å²) in [4.78, 5) is 159. The number of nitrogens with two attached hydrogens (primary N) is 1. The van der Waals surface area contributed by atoms with E-state index in [1.807, 2.05) is 78.2 Å². The number of fused-ring (bicyclic) bond motifs is 1. The SMILES string of the molecule is Cc1ccc(CNCC(=O)N2CCC(NC(=O)[C@H](CC(C)C)NC(=O)NNC(=O)c3ccc(-c4ccccc4)c(OCCCNC(=O)CN4CCC(NC(=O)CN5CCN(CC(=O)O)CCN(CC(=O)O)CCN(CC(=O)O)CC5)CC4)c3)(C(=O)N[C@@H](Cc3c[nH]c4ccccc34)C(N)=O)CC2)cc1F. The Morgan fingerprint density at radius 2 is 1.26 bits per heavy atom. The van der Waals surface area contributed by atoms with Gasteiger partial charge in [0.25, 0.3) is 5.91 Å². The van der Waals surface area contributed by atoms with Crippen LogP contribution in [0.3, 0.4) is 0 Å². The smallest absolute Gasteiger partial charge is 0.334 e. The first-order valence-corrected chi connectivity index (χ1v) is 35.5. The second kappa shape index (κ2) is 39.7. The highest BCUT2D eigenvalue weighted by atomic mass is 19.1. The molecule has 3 aliphatic rings. The minimum Gasteiger partial charge on any atom is -0.493 e. The number of carboxylic acids is 3. The van der Waals surface area contributed by atoms with Crippen molar-refractivity contribution in [2.75, 3.05) is 131 Å². The fourth-order valence-corrected chi connectivity index (χ4v) is 13.0. The lowest BCUT2D eigenvalue weighted by Gasteiger charge is -2.42. The van der Waals surface area contributed by atoms with E-state index in [0.717, 1.165) is 16.5 Å². The molecule has 4 heterocycles. The molecule has 5 aromatic rings. The zero-order valence-electron chi connectivity index (χ0n) is 59.7. The average molecular weight is 1460 g/mol. The van der Waals surface area contributed by atoms with Gasteiger partial charge < -0.3 is 67.6 Å². The maximum Gasteiger partial charge on any atom is 0.334 e. The van der Waals surface area contributed by atoms with Gasteiger partial charge in [-0.3, -0.25) is 77.9 Å². The van der Waals surface area contributed by atoms with E-state index in [4.69, 9.17) is 10.5 Å². The van der Waals surface area contributed by atoms with Gasteiger partial charge in [-0.2, -0.15) is 0 Å². The van der Waals surface area contributed by atoms with Gasteiger partial charge in [-0.1, -0.05) is 74.5 Å². The van der Waals surface area contributed by atoms with Gasteiger partial charge >= 0.3 is 23.9 Å². The molecule has 4 aromatic carbocycles. The summed E-state index contributed by atoms with van der Waals surface area (Å²) in [7, 11) is 0. The van der Waals surface area contributed by atoms with E-state index in [2.05, 4.69) is 47.7 Å². The lowest BCUT2D eigenvalue weighted by Crippen LogP contribution is -2.68. The molecule has 0 aliphatic carbocycles. The monoisotopic (exact) mass is 1460 g/mol. The Morgan fingerprint density at radius 1 is 0.667 bits per heavy atom. The molecule has 3 saturated heterocycles. The molecule has 31 nitrogen and oxygen atoms in total. The lowest BCUT2D eigenvalue weighted by atomic mass is 9.85. The number of likely N-dealkylation sites (tertiary alicyclic amines) is 2. The third-order valence-electron chi connectivity index (χ3n) is 18.9. The third kappa shape index (κ3) is 25.6. The molecule has 14 N–H and O–H groups in total. The Balaban J connectivity index is 0.816. The number of hydrogen-bond donors (Lipinski definition) is 13. The number of ether oxygens (including phenoxy) is 1. The van der Waals surface area contributed by atoms with Crippen molar-refractivity contribution in [3.8, 4) is 16.9 Å². The van der Waals surface area contributed by atoms with E-state index >= 15 is 0 Å². The molecule has 0 spiro atoms. The maximum atomic E-state index is 14.8. The first-order chi connectivity index (χ1) is 50.3. The molecule has 3 fully saturated rings. The van der Waals surface area contributed by atoms with Crippen LogP contribution in [-0.2, 0) is 56.1 Å². The molecule has 0 saturated carbocycles. The molecule has 1 aromatic heterocycles. The van der Waals surface area contributed by atoms with Crippen LogP contribution in [0.4, 0.5) is 9.18 Å². The van der Waals surface area contributed by atoms with E-state index in [-0.39, 0.29) is 178 Å². The number of rotatable bonds is 32. The van der Waals surface area contributed by atoms with E-state index in [0.29, 0.717) is 73.4 Å². The first kappa shape index (κ1) is 80.6. The number of amides is 9. The molecule has 9 amide bonds. The number of nitrogens with zero attached hydrogens (tertiary/aromatic N) is 6. The number of aliphatic carboxylic acids is 3. The number of benzene rings is 4. The Kier molecular flexibility index (Phi) is 30.4. The Hall–Kier alpha value is -10.1. The largest absolute Gasteiger partial charge is 0.493 e. The van der Waals surface area contributed by atoms with Crippen LogP contribution < -0.4 is 53.2 Å². The van der Waals surface area contributed by atoms with Gasteiger partial charge in [0.15, 0.2) is 0 Å². The van der Waals surface area contributed by atoms with Crippen LogP contribution in [0.25, 0.3) is 22.0 Å². The minimum atomic E-state index is -1.71. The van der Waals surface area contributed by atoms with Gasteiger partial charge in [-0.15, -0.1) is 0 Å². The van der Waals surface area contributed by atoms with E-state index in [1.54, 1.807) is 52.1 Å². The molecule has 0 bridgehead atoms. The molecule has 3 aliphatic heterocycles. The van der Waals surface area contributed by atoms with Crippen LogP contribution in [0.2, 0.25) is 0 Å². The fourth-order valence-electron chi connectivity index (χ4n) is 13.0. The Morgan fingerprint density at radius 3 is 1.86 bits per heavy atom. The Labute approximate surface area is 608 Å². The van der Waals surface area contributed by atoms with Gasteiger partial charge in [0, 0.05) is 132 Å². The van der Waals surface area contributed by atoms with Crippen LogP contribution >= 0.6 is 0 Å². The minimum absolute atomic E-state index is 0.00966. The number of H-pyrrole nitrogens is 1. The van der Waals surface area contributed by atoms with Crippen molar-refractivity contribution in [1.29, 1.82) is 0 Å². The van der Waals surface area contributed by atoms with Crippen LogP contribution in [0.5, 0.6) is 5.75 Å². The number of piperidine rings is 2. The number of nitrogens with one attached hydrogen (secondary N) is 9. The first-order valence-electron chi connectivity index (χ1n) is 35.5. The van der Waals surface area contributed by atoms with Crippen molar-refractivity contribution in [2.24, 2.45) is 11.7 Å². The number of aromatic nitrogens is 1. The van der Waals surface area contributed by atoms with Crippen molar-refractivity contribution in [2.45, 2.75) is 95.9 Å². The summed E-state index contributed by atoms with van der Waals surface area (Å²) < 4.78 is 20.5. The van der Waals surface area contributed by atoms with Crippen LogP contribution in [0.1, 0.15) is 79.4 Å². The van der Waals surface area contributed by atoms with Gasteiger partial charge in [0.05, 0.1) is 45.9 Å². The summed E-state index contributed by atoms with van der Waals surface area (Å²) >= 11 is 0. The van der Waals surface area contributed by atoms with Crippen molar-refractivity contribution in [3.63, 3.8) is 0 Å². The summed E-state index contributed by atoms with van der Waals surface area (Å²) in [6.45, 7) is 8.39. The molecule has 8 rings (SSSR count). The molecule has 0 radical (unpaired) electrons. The highest BCUT2D eigenvalue weighted by molar-refractivity contribution is 5.99.